The quantitative estimate of drug-likeness (QED) is 0.643. The summed E-state index contributed by atoms with van der Waals surface area (Å²) in [6.07, 6.45) is 3.63. The molecular formula is C17H26O2. The van der Waals surface area contributed by atoms with Crippen LogP contribution in [0.25, 0.3) is 0 Å². The first kappa shape index (κ1) is 15.9. The Kier molecular flexibility index (Phi) is 6.79. The molecule has 19 heavy (non-hydrogen) atoms. The average Bonchev–Trinajstić information content (AvgIpc) is 2.37. The first-order valence-electron chi connectivity index (χ1n) is 7.26. The van der Waals surface area contributed by atoms with Crippen molar-refractivity contribution in [3.63, 3.8) is 0 Å². The lowest BCUT2D eigenvalue weighted by molar-refractivity contribution is 0.0824. The van der Waals surface area contributed by atoms with Crippen LogP contribution < -0.4 is 0 Å². The highest BCUT2D eigenvalue weighted by Crippen LogP contribution is 2.15. The second-order valence-electron chi connectivity index (χ2n) is 5.28. The van der Waals surface area contributed by atoms with Gasteiger partial charge >= 0.3 is 0 Å². The first-order chi connectivity index (χ1) is 9.08. The summed E-state index contributed by atoms with van der Waals surface area (Å²) >= 11 is 0. The van der Waals surface area contributed by atoms with Crippen molar-refractivity contribution in [2.24, 2.45) is 5.92 Å². The van der Waals surface area contributed by atoms with Gasteiger partial charge in [-0.25, -0.2) is 0 Å². The molecule has 0 radical (unpaired) electrons. The lowest BCUT2D eigenvalue weighted by Gasteiger charge is -2.14. The molecule has 0 amide bonds. The van der Waals surface area contributed by atoms with Crippen molar-refractivity contribution in [3.8, 4) is 0 Å². The Labute approximate surface area is 117 Å². The zero-order chi connectivity index (χ0) is 14.3. The third-order valence-electron chi connectivity index (χ3n) is 3.57. The van der Waals surface area contributed by atoms with Gasteiger partial charge in [0, 0.05) is 12.2 Å². The number of benzene rings is 1. The fraction of sp³-hybridized carbons (Fsp3) is 0.588. The van der Waals surface area contributed by atoms with Crippen LogP contribution in [0.5, 0.6) is 0 Å². The van der Waals surface area contributed by atoms with Gasteiger partial charge < -0.3 is 4.74 Å². The van der Waals surface area contributed by atoms with Gasteiger partial charge in [0.15, 0.2) is 5.78 Å². The van der Waals surface area contributed by atoms with Crippen LogP contribution in [0.4, 0.5) is 0 Å². The maximum Gasteiger partial charge on any atom is 0.160 e. The average molecular weight is 262 g/mol. The minimum atomic E-state index is 0.124. The number of hydrogen-bond acceptors (Lipinski definition) is 2. The molecule has 0 aliphatic rings. The molecule has 0 saturated heterocycles. The molecular weight excluding hydrogens is 236 g/mol. The number of Topliss-reactive ketones (excluding diaryl/α,β-unsaturated/α-hetero) is 1. The summed E-state index contributed by atoms with van der Waals surface area (Å²) < 4.78 is 5.80. The number of hydrogen-bond donors (Lipinski definition) is 0. The number of ether oxygens (including phenoxy) is 1. The largest absolute Gasteiger partial charge is 0.376 e. The summed E-state index contributed by atoms with van der Waals surface area (Å²) in [5, 5.41) is 0. The molecule has 0 aliphatic heterocycles. The molecule has 0 saturated carbocycles. The Morgan fingerprint density at radius 2 is 2.05 bits per heavy atom. The molecule has 106 valence electrons. The molecule has 1 aromatic carbocycles. The summed E-state index contributed by atoms with van der Waals surface area (Å²) in [5.41, 5.74) is 2.99. The summed E-state index contributed by atoms with van der Waals surface area (Å²) in [6.45, 7) is 9.49. The van der Waals surface area contributed by atoms with E-state index in [4.69, 9.17) is 4.74 Å². The molecule has 2 heteroatoms. The number of carbonyl (C=O) groups is 1. The van der Waals surface area contributed by atoms with Crippen LogP contribution >= 0.6 is 0 Å². The van der Waals surface area contributed by atoms with E-state index in [0.29, 0.717) is 12.5 Å². The highest BCUT2D eigenvalue weighted by atomic mass is 16.5. The molecule has 0 heterocycles. The van der Waals surface area contributed by atoms with Crippen molar-refractivity contribution in [1.82, 2.24) is 0 Å². The van der Waals surface area contributed by atoms with Crippen molar-refractivity contribution in [3.05, 3.63) is 34.9 Å². The van der Waals surface area contributed by atoms with Gasteiger partial charge in [-0.3, -0.25) is 4.79 Å². The highest BCUT2D eigenvalue weighted by Gasteiger charge is 2.07. The SMILES string of the molecule is CCCC(CC)COCc1ccc(C(C)=O)c(C)c1. The number of aryl methyl sites for hydroxylation is 1. The molecule has 1 atom stereocenters. The van der Waals surface area contributed by atoms with Crippen molar-refractivity contribution in [1.29, 1.82) is 0 Å². The second kappa shape index (κ2) is 8.11. The van der Waals surface area contributed by atoms with E-state index in [9.17, 15) is 4.79 Å². The summed E-state index contributed by atoms with van der Waals surface area (Å²) in [4.78, 5) is 11.4. The zero-order valence-corrected chi connectivity index (χ0v) is 12.7. The molecule has 0 aliphatic carbocycles. The predicted molar refractivity (Wildman–Crippen MR) is 79.5 cm³/mol. The van der Waals surface area contributed by atoms with Crippen LogP contribution in [0.1, 0.15) is 61.5 Å². The predicted octanol–water partition coefficient (Wildman–Crippen LogP) is 4.54. The standard InChI is InChI=1S/C17H26O2/c1-5-7-15(6-2)11-19-12-16-8-9-17(14(4)18)13(3)10-16/h8-10,15H,5-7,11-12H2,1-4H3. The van der Waals surface area contributed by atoms with E-state index < -0.39 is 0 Å². The van der Waals surface area contributed by atoms with Gasteiger partial charge in [-0.2, -0.15) is 0 Å². The van der Waals surface area contributed by atoms with Crippen molar-refractivity contribution >= 4 is 5.78 Å². The molecule has 2 nitrogen and oxygen atoms in total. The van der Waals surface area contributed by atoms with Gasteiger partial charge in [0.25, 0.3) is 0 Å². The smallest absolute Gasteiger partial charge is 0.160 e. The molecule has 0 bridgehead atoms. The van der Waals surface area contributed by atoms with Crippen LogP contribution in [0.2, 0.25) is 0 Å². The molecule has 1 aromatic rings. The Morgan fingerprint density at radius 3 is 2.58 bits per heavy atom. The number of ketones is 1. The van der Waals surface area contributed by atoms with Gasteiger partial charge in [0.2, 0.25) is 0 Å². The topological polar surface area (TPSA) is 26.3 Å². The Hall–Kier alpha value is -1.15. The Balaban J connectivity index is 2.50. The van der Waals surface area contributed by atoms with Crippen LogP contribution in [0.15, 0.2) is 18.2 Å². The summed E-state index contributed by atoms with van der Waals surface area (Å²) in [7, 11) is 0. The van der Waals surface area contributed by atoms with Crippen LogP contribution in [0, 0.1) is 12.8 Å². The van der Waals surface area contributed by atoms with Gasteiger partial charge in [-0.15, -0.1) is 0 Å². The van der Waals surface area contributed by atoms with E-state index in [1.807, 2.05) is 19.1 Å². The summed E-state index contributed by atoms with van der Waals surface area (Å²) in [5.74, 6) is 0.793. The van der Waals surface area contributed by atoms with E-state index >= 15 is 0 Å². The molecule has 0 aromatic heterocycles. The van der Waals surface area contributed by atoms with E-state index in [1.165, 1.54) is 19.3 Å². The van der Waals surface area contributed by atoms with Crippen LogP contribution in [-0.2, 0) is 11.3 Å². The lowest BCUT2D eigenvalue weighted by atomic mass is 10.0. The normalized spacial score (nSPS) is 12.4. The maximum atomic E-state index is 11.4. The lowest BCUT2D eigenvalue weighted by Crippen LogP contribution is -2.08. The molecule has 1 unspecified atom stereocenters. The van der Waals surface area contributed by atoms with Crippen LogP contribution in [0.3, 0.4) is 0 Å². The van der Waals surface area contributed by atoms with Crippen molar-refractivity contribution in [2.75, 3.05) is 6.61 Å². The van der Waals surface area contributed by atoms with E-state index in [2.05, 4.69) is 19.9 Å². The van der Waals surface area contributed by atoms with Crippen molar-refractivity contribution in [2.45, 2.75) is 53.6 Å². The van der Waals surface area contributed by atoms with E-state index in [1.54, 1.807) is 6.92 Å². The third kappa shape index (κ3) is 5.15. The fourth-order valence-electron chi connectivity index (χ4n) is 2.37. The number of rotatable bonds is 8. The van der Waals surface area contributed by atoms with Gasteiger partial charge in [-0.05, 0) is 37.3 Å². The van der Waals surface area contributed by atoms with E-state index in [-0.39, 0.29) is 5.78 Å². The van der Waals surface area contributed by atoms with Crippen LogP contribution in [-0.4, -0.2) is 12.4 Å². The Morgan fingerprint density at radius 1 is 1.32 bits per heavy atom. The Bertz CT molecular complexity index is 410. The minimum absolute atomic E-state index is 0.124. The molecule has 1 rings (SSSR count). The second-order valence-corrected chi connectivity index (χ2v) is 5.28. The third-order valence-corrected chi connectivity index (χ3v) is 3.57. The number of carbonyl (C=O) groups excluding carboxylic acids is 1. The first-order valence-corrected chi connectivity index (χ1v) is 7.26. The molecule has 0 N–H and O–H groups in total. The van der Waals surface area contributed by atoms with Gasteiger partial charge in [0.05, 0.1) is 6.61 Å². The minimum Gasteiger partial charge on any atom is -0.376 e. The molecule has 0 fully saturated rings. The highest BCUT2D eigenvalue weighted by molar-refractivity contribution is 5.95. The van der Waals surface area contributed by atoms with Gasteiger partial charge in [0.1, 0.15) is 0 Å². The molecule has 0 spiro atoms. The van der Waals surface area contributed by atoms with Gasteiger partial charge in [-0.1, -0.05) is 44.9 Å². The summed E-state index contributed by atoms with van der Waals surface area (Å²) in [6, 6.07) is 5.95. The van der Waals surface area contributed by atoms with Crippen molar-refractivity contribution < 1.29 is 9.53 Å². The zero-order valence-electron chi connectivity index (χ0n) is 12.7. The monoisotopic (exact) mass is 262 g/mol. The van der Waals surface area contributed by atoms with E-state index in [0.717, 1.165) is 23.3 Å². The maximum absolute atomic E-state index is 11.4. The fourth-order valence-corrected chi connectivity index (χ4v) is 2.37.